The number of ether oxygens (including phenoxy) is 3. The molecule has 0 saturated carbocycles. The SMILES string of the molecule is COc1cc(C)ccc1OCC(=O)OC(C)c1nnc(-c2ccccc2)o1. The van der Waals surface area contributed by atoms with Gasteiger partial charge in [0.2, 0.25) is 5.89 Å². The smallest absolute Gasteiger partial charge is 0.344 e. The normalized spacial score (nSPS) is 11.7. The predicted molar refractivity (Wildman–Crippen MR) is 97.5 cm³/mol. The fourth-order valence-corrected chi connectivity index (χ4v) is 2.41. The largest absolute Gasteiger partial charge is 0.493 e. The van der Waals surface area contributed by atoms with Crippen LogP contribution in [0.2, 0.25) is 0 Å². The van der Waals surface area contributed by atoms with Crippen LogP contribution in [0.3, 0.4) is 0 Å². The molecule has 1 aromatic heterocycles. The number of aromatic nitrogens is 2. The highest BCUT2D eigenvalue weighted by Gasteiger charge is 2.19. The second-order valence-corrected chi connectivity index (χ2v) is 5.89. The highest BCUT2D eigenvalue weighted by Crippen LogP contribution is 2.28. The summed E-state index contributed by atoms with van der Waals surface area (Å²) in [7, 11) is 1.54. The standard InChI is InChI=1S/C20H20N2O5/c1-13-9-10-16(17(11-13)24-3)25-12-18(23)26-14(2)19-21-22-20(27-19)15-7-5-4-6-8-15/h4-11,14H,12H2,1-3H3. The van der Waals surface area contributed by atoms with Crippen LogP contribution in [0.5, 0.6) is 11.5 Å². The van der Waals surface area contributed by atoms with Crippen LogP contribution in [0.1, 0.15) is 24.5 Å². The number of nitrogens with zero attached hydrogens (tertiary/aromatic N) is 2. The molecule has 140 valence electrons. The van der Waals surface area contributed by atoms with E-state index in [0.29, 0.717) is 17.4 Å². The maximum absolute atomic E-state index is 12.1. The van der Waals surface area contributed by atoms with E-state index in [4.69, 9.17) is 18.6 Å². The summed E-state index contributed by atoms with van der Waals surface area (Å²) in [6.07, 6.45) is -0.689. The molecule has 0 fully saturated rings. The van der Waals surface area contributed by atoms with Crippen molar-refractivity contribution in [3.63, 3.8) is 0 Å². The summed E-state index contributed by atoms with van der Waals surface area (Å²) in [5, 5.41) is 7.93. The first-order chi connectivity index (χ1) is 13.1. The van der Waals surface area contributed by atoms with Gasteiger partial charge in [-0.05, 0) is 43.7 Å². The number of carbonyl (C=O) groups excluding carboxylic acids is 1. The van der Waals surface area contributed by atoms with E-state index < -0.39 is 12.1 Å². The van der Waals surface area contributed by atoms with E-state index in [1.54, 1.807) is 20.1 Å². The van der Waals surface area contributed by atoms with Gasteiger partial charge in [-0.3, -0.25) is 0 Å². The first kappa shape index (κ1) is 18.4. The van der Waals surface area contributed by atoms with Gasteiger partial charge in [0, 0.05) is 5.56 Å². The van der Waals surface area contributed by atoms with Crippen molar-refractivity contribution >= 4 is 5.97 Å². The molecule has 0 saturated heterocycles. The monoisotopic (exact) mass is 368 g/mol. The second-order valence-electron chi connectivity index (χ2n) is 5.89. The highest BCUT2D eigenvalue weighted by atomic mass is 16.6. The van der Waals surface area contributed by atoms with E-state index in [1.807, 2.05) is 49.4 Å². The molecule has 0 aliphatic carbocycles. The molecule has 3 aromatic rings. The molecule has 7 nitrogen and oxygen atoms in total. The van der Waals surface area contributed by atoms with Gasteiger partial charge in [-0.2, -0.15) is 0 Å². The molecule has 0 spiro atoms. The Hall–Kier alpha value is -3.35. The fourth-order valence-electron chi connectivity index (χ4n) is 2.41. The molecule has 7 heteroatoms. The molecule has 1 heterocycles. The van der Waals surface area contributed by atoms with E-state index >= 15 is 0 Å². The van der Waals surface area contributed by atoms with E-state index in [1.165, 1.54) is 0 Å². The maximum Gasteiger partial charge on any atom is 0.344 e. The number of benzene rings is 2. The van der Waals surface area contributed by atoms with Gasteiger partial charge in [0.1, 0.15) is 0 Å². The van der Waals surface area contributed by atoms with Crippen LogP contribution in [0.4, 0.5) is 0 Å². The number of aryl methyl sites for hydroxylation is 1. The molecule has 2 aromatic carbocycles. The van der Waals surface area contributed by atoms with Crippen LogP contribution in [0, 0.1) is 6.92 Å². The van der Waals surface area contributed by atoms with Gasteiger partial charge in [0.05, 0.1) is 7.11 Å². The number of esters is 1. The third-order valence-electron chi connectivity index (χ3n) is 3.78. The molecule has 0 amide bonds. The van der Waals surface area contributed by atoms with Gasteiger partial charge in [0.25, 0.3) is 5.89 Å². The van der Waals surface area contributed by atoms with Gasteiger partial charge in [-0.25, -0.2) is 4.79 Å². The number of carbonyl (C=O) groups is 1. The predicted octanol–water partition coefficient (Wildman–Crippen LogP) is 3.74. The highest BCUT2D eigenvalue weighted by molar-refractivity contribution is 5.71. The molecule has 0 aliphatic heterocycles. The van der Waals surface area contributed by atoms with Crippen LogP contribution in [-0.2, 0) is 9.53 Å². The Bertz CT molecular complexity index is 908. The van der Waals surface area contributed by atoms with Crippen LogP contribution in [-0.4, -0.2) is 29.9 Å². The first-order valence-electron chi connectivity index (χ1n) is 8.42. The van der Waals surface area contributed by atoms with Crippen LogP contribution in [0.15, 0.2) is 52.9 Å². The third kappa shape index (κ3) is 4.63. The molecule has 1 atom stereocenters. The van der Waals surface area contributed by atoms with Crippen LogP contribution < -0.4 is 9.47 Å². The zero-order chi connectivity index (χ0) is 19.2. The molecular formula is C20H20N2O5. The molecular weight excluding hydrogens is 348 g/mol. The summed E-state index contributed by atoms with van der Waals surface area (Å²) in [5.41, 5.74) is 1.82. The van der Waals surface area contributed by atoms with E-state index in [0.717, 1.165) is 11.1 Å². The van der Waals surface area contributed by atoms with Crippen LogP contribution >= 0.6 is 0 Å². The molecule has 27 heavy (non-hydrogen) atoms. The Kier molecular flexibility index (Phi) is 5.71. The molecule has 0 aliphatic rings. The summed E-state index contributed by atoms with van der Waals surface area (Å²) in [4.78, 5) is 12.1. The zero-order valence-corrected chi connectivity index (χ0v) is 15.3. The number of methoxy groups -OCH3 is 1. The van der Waals surface area contributed by atoms with Crippen LogP contribution in [0.25, 0.3) is 11.5 Å². The maximum atomic E-state index is 12.1. The van der Waals surface area contributed by atoms with Crippen molar-refractivity contribution in [3.8, 4) is 23.0 Å². The number of hydrogen-bond donors (Lipinski definition) is 0. The Morgan fingerprint density at radius 3 is 2.63 bits per heavy atom. The van der Waals surface area contributed by atoms with Gasteiger partial charge in [-0.15, -0.1) is 10.2 Å². The molecule has 0 N–H and O–H groups in total. The Balaban J connectivity index is 1.57. The van der Waals surface area contributed by atoms with Crippen molar-refractivity contribution < 1.29 is 23.4 Å². The minimum atomic E-state index is -0.689. The van der Waals surface area contributed by atoms with E-state index in [2.05, 4.69) is 10.2 Å². The Morgan fingerprint density at radius 2 is 1.89 bits per heavy atom. The number of rotatable bonds is 7. The minimum Gasteiger partial charge on any atom is -0.493 e. The van der Waals surface area contributed by atoms with Crippen molar-refractivity contribution in [2.45, 2.75) is 20.0 Å². The summed E-state index contributed by atoms with van der Waals surface area (Å²) in [6.45, 7) is 3.34. The van der Waals surface area contributed by atoms with Crippen molar-refractivity contribution in [3.05, 3.63) is 60.0 Å². The lowest BCUT2D eigenvalue weighted by Crippen LogP contribution is -2.17. The van der Waals surface area contributed by atoms with E-state index in [-0.39, 0.29) is 12.5 Å². The Labute approximate surface area is 156 Å². The lowest BCUT2D eigenvalue weighted by atomic mass is 10.2. The van der Waals surface area contributed by atoms with E-state index in [9.17, 15) is 4.79 Å². The fraction of sp³-hybridized carbons (Fsp3) is 0.250. The summed E-state index contributed by atoms with van der Waals surface area (Å²) < 4.78 is 21.6. The average Bonchev–Trinajstić information content (AvgIpc) is 3.18. The molecule has 0 bridgehead atoms. The molecule has 3 rings (SSSR count). The number of hydrogen-bond acceptors (Lipinski definition) is 7. The summed E-state index contributed by atoms with van der Waals surface area (Å²) >= 11 is 0. The molecule has 0 radical (unpaired) electrons. The van der Waals surface area contributed by atoms with Gasteiger partial charge < -0.3 is 18.6 Å². The van der Waals surface area contributed by atoms with Crippen molar-refractivity contribution in [2.24, 2.45) is 0 Å². The van der Waals surface area contributed by atoms with Gasteiger partial charge in [-0.1, -0.05) is 24.3 Å². The third-order valence-corrected chi connectivity index (χ3v) is 3.78. The summed E-state index contributed by atoms with van der Waals surface area (Å²) in [6, 6.07) is 14.8. The second kappa shape index (κ2) is 8.35. The van der Waals surface area contributed by atoms with Gasteiger partial charge >= 0.3 is 5.97 Å². The topological polar surface area (TPSA) is 83.7 Å². The summed E-state index contributed by atoms with van der Waals surface area (Å²) in [5.74, 6) is 1.06. The van der Waals surface area contributed by atoms with Crippen molar-refractivity contribution in [1.29, 1.82) is 0 Å². The first-order valence-corrected chi connectivity index (χ1v) is 8.42. The van der Waals surface area contributed by atoms with Crippen molar-refractivity contribution in [1.82, 2.24) is 10.2 Å². The zero-order valence-electron chi connectivity index (χ0n) is 15.3. The Morgan fingerprint density at radius 1 is 1.11 bits per heavy atom. The van der Waals surface area contributed by atoms with Crippen molar-refractivity contribution in [2.75, 3.05) is 13.7 Å². The average molecular weight is 368 g/mol. The lowest BCUT2D eigenvalue weighted by Gasteiger charge is -2.12. The minimum absolute atomic E-state index is 0.218. The molecule has 1 unspecified atom stereocenters. The quantitative estimate of drug-likeness (QED) is 0.587. The van der Waals surface area contributed by atoms with Gasteiger partial charge in [0.15, 0.2) is 24.2 Å². The lowest BCUT2D eigenvalue weighted by molar-refractivity contribution is -0.152.